The van der Waals surface area contributed by atoms with Gasteiger partial charge in [-0.2, -0.15) is 0 Å². The van der Waals surface area contributed by atoms with Crippen LogP contribution in [-0.4, -0.2) is 16.8 Å². The van der Waals surface area contributed by atoms with E-state index in [4.69, 9.17) is 0 Å². The molecule has 0 bridgehead atoms. The fourth-order valence-electron chi connectivity index (χ4n) is 3.17. The Morgan fingerprint density at radius 1 is 1.04 bits per heavy atom. The zero-order valence-corrected chi connectivity index (χ0v) is 15.2. The van der Waals surface area contributed by atoms with Crippen molar-refractivity contribution in [2.24, 2.45) is 0 Å². The monoisotopic (exact) mass is 403 g/mol. The fraction of sp³-hybridized carbons (Fsp3) is 0.100. The zero-order valence-electron chi connectivity index (χ0n) is 14.3. The molecular weight excluding hydrogens is 391 g/mol. The van der Waals surface area contributed by atoms with Gasteiger partial charge in [-0.05, 0) is 31.2 Å². The molecule has 0 spiro atoms. The number of Topliss-reactive ketones (excluding diaryl/α,β-unsaturated/α-hetero) is 1. The lowest BCUT2D eigenvalue weighted by Gasteiger charge is -2.28. The van der Waals surface area contributed by atoms with Crippen molar-refractivity contribution in [2.45, 2.75) is 12.6 Å². The topological polar surface area (TPSA) is 66.4 Å². The molecule has 28 heavy (non-hydrogen) atoms. The van der Waals surface area contributed by atoms with E-state index in [2.05, 4.69) is 5.32 Å². The summed E-state index contributed by atoms with van der Waals surface area (Å²) < 4.78 is 42.6. The average molecular weight is 403 g/mol. The second-order valence-corrected chi connectivity index (χ2v) is 7.25. The molecule has 2 heterocycles. The number of benzene rings is 2. The van der Waals surface area contributed by atoms with Gasteiger partial charge in [-0.1, -0.05) is 12.1 Å². The third kappa shape index (κ3) is 2.45. The second-order valence-electron chi connectivity index (χ2n) is 6.37. The van der Waals surface area contributed by atoms with Gasteiger partial charge in [0.15, 0.2) is 0 Å². The van der Waals surface area contributed by atoms with Crippen LogP contribution < -0.4 is 5.32 Å². The first-order valence-corrected chi connectivity index (χ1v) is 9.04. The van der Waals surface area contributed by atoms with Crippen molar-refractivity contribution >= 4 is 28.0 Å². The van der Waals surface area contributed by atoms with Crippen LogP contribution in [0.4, 0.5) is 18.2 Å². The van der Waals surface area contributed by atoms with Crippen molar-refractivity contribution < 1.29 is 27.9 Å². The van der Waals surface area contributed by atoms with Gasteiger partial charge < -0.3 is 10.4 Å². The maximum absolute atomic E-state index is 15.7. The molecule has 8 heteroatoms. The quantitative estimate of drug-likeness (QED) is 0.609. The van der Waals surface area contributed by atoms with Crippen LogP contribution in [-0.2, 0) is 10.5 Å². The lowest BCUT2D eigenvalue weighted by Crippen LogP contribution is -2.47. The Morgan fingerprint density at radius 3 is 2.39 bits per heavy atom. The summed E-state index contributed by atoms with van der Waals surface area (Å²) in [6.07, 6.45) is 0. The molecule has 0 saturated carbocycles. The van der Waals surface area contributed by atoms with E-state index in [9.17, 15) is 23.5 Å². The minimum absolute atomic E-state index is 0.0187. The molecule has 3 aromatic rings. The molecule has 1 aromatic heterocycles. The Bertz CT molecular complexity index is 1140. The molecular formula is C20H12F3NO3S. The van der Waals surface area contributed by atoms with E-state index in [0.29, 0.717) is 0 Å². The standard InChI is InChI=1S/C20H12F3NO3S/c1-9-14(22)7-6-12(16(9)25)13-8-28-18-15(13)17(26)20(23,19(27)24-18)10-2-4-11(21)5-3-10/h2-8,25H,1H3,(H,24,27). The fourth-order valence-corrected chi connectivity index (χ4v) is 4.13. The van der Waals surface area contributed by atoms with E-state index >= 15 is 4.39 Å². The van der Waals surface area contributed by atoms with Gasteiger partial charge in [0.1, 0.15) is 22.4 Å². The molecule has 0 aliphatic carbocycles. The number of hydrogen-bond acceptors (Lipinski definition) is 4. The van der Waals surface area contributed by atoms with Gasteiger partial charge in [-0.15, -0.1) is 11.3 Å². The molecule has 1 unspecified atom stereocenters. The first-order chi connectivity index (χ1) is 13.2. The zero-order chi connectivity index (χ0) is 20.2. The van der Waals surface area contributed by atoms with E-state index in [1.54, 1.807) is 0 Å². The Hall–Kier alpha value is -3.13. The highest BCUT2D eigenvalue weighted by Gasteiger charge is 2.53. The van der Waals surface area contributed by atoms with Gasteiger partial charge in [0.25, 0.3) is 11.6 Å². The van der Waals surface area contributed by atoms with Crippen molar-refractivity contribution in [3.8, 4) is 16.9 Å². The van der Waals surface area contributed by atoms with E-state index in [0.717, 1.165) is 41.7 Å². The molecule has 1 aliphatic rings. The number of aromatic hydroxyl groups is 1. The summed E-state index contributed by atoms with van der Waals surface area (Å²) in [7, 11) is 0. The Labute approximate surface area is 161 Å². The average Bonchev–Trinajstić information content (AvgIpc) is 3.08. The van der Waals surface area contributed by atoms with Crippen LogP contribution in [0.25, 0.3) is 11.1 Å². The van der Waals surface area contributed by atoms with E-state index in [1.807, 2.05) is 0 Å². The van der Waals surface area contributed by atoms with Crippen LogP contribution in [0.3, 0.4) is 0 Å². The number of halogens is 3. The Balaban J connectivity index is 1.90. The Morgan fingerprint density at radius 2 is 1.71 bits per heavy atom. The summed E-state index contributed by atoms with van der Waals surface area (Å²) in [5, 5.41) is 14.3. The first-order valence-electron chi connectivity index (χ1n) is 8.16. The van der Waals surface area contributed by atoms with Crippen LogP contribution in [0.2, 0.25) is 0 Å². The van der Waals surface area contributed by atoms with Crippen molar-refractivity contribution in [3.63, 3.8) is 0 Å². The largest absolute Gasteiger partial charge is 0.507 e. The number of rotatable bonds is 2. The highest BCUT2D eigenvalue weighted by molar-refractivity contribution is 7.15. The number of anilines is 1. The smallest absolute Gasteiger partial charge is 0.275 e. The maximum Gasteiger partial charge on any atom is 0.275 e. The summed E-state index contributed by atoms with van der Waals surface area (Å²) >= 11 is 0.987. The molecule has 4 nitrogen and oxygen atoms in total. The normalized spacial score (nSPS) is 18.7. The second kappa shape index (κ2) is 6.20. The SMILES string of the molecule is Cc1c(F)ccc(-c2csc3c2C(=O)C(F)(c2ccc(F)cc2)C(=O)N3)c1O. The molecule has 0 fully saturated rings. The summed E-state index contributed by atoms with van der Waals surface area (Å²) in [4.78, 5) is 25.5. The highest BCUT2D eigenvalue weighted by Crippen LogP contribution is 2.47. The number of fused-ring (bicyclic) bond motifs is 1. The predicted molar refractivity (Wildman–Crippen MR) is 98.3 cm³/mol. The summed E-state index contributed by atoms with van der Waals surface area (Å²) in [6.45, 7) is 1.37. The van der Waals surface area contributed by atoms with Crippen LogP contribution in [0.1, 0.15) is 21.5 Å². The number of phenols is 1. The van der Waals surface area contributed by atoms with Gasteiger partial charge in [-0.25, -0.2) is 13.2 Å². The number of ketones is 1. The van der Waals surface area contributed by atoms with Gasteiger partial charge in [0.2, 0.25) is 5.78 Å². The molecule has 142 valence electrons. The van der Waals surface area contributed by atoms with Crippen molar-refractivity contribution in [3.05, 3.63) is 70.1 Å². The third-order valence-corrected chi connectivity index (χ3v) is 5.66. The highest BCUT2D eigenvalue weighted by atomic mass is 32.1. The minimum Gasteiger partial charge on any atom is -0.507 e. The van der Waals surface area contributed by atoms with Crippen molar-refractivity contribution in [2.75, 3.05) is 5.32 Å². The summed E-state index contributed by atoms with van der Waals surface area (Å²) in [5.74, 6) is -3.95. The number of hydrogen-bond donors (Lipinski definition) is 2. The molecule has 0 saturated heterocycles. The minimum atomic E-state index is -3.05. The number of carbonyl (C=O) groups excluding carboxylic acids is 2. The molecule has 2 N–H and O–H groups in total. The number of thiophene rings is 1. The van der Waals surface area contributed by atoms with Crippen molar-refractivity contribution in [1.82, 2.24) is 0 Å². The molecule has 1 atom stereocenters. The van der Waals surface area contributed by atoms with E-state index in [-0.39, 0.29) is 38.6 Å². The van der Waals surface area contributed by atoms with Crippen LogP contribution in [0.5, 0.6) is 5.75 Å². The number of alkyl halides is 1. The van der Waals surface area contributed by atoms with Gasteiger partial charge in [0, 0.05) is 27.6 Å². The molecule has 1 aliphatic heterocycles. The first kappa shape index (κ1) is 18.2. The van der Waals surface area contributed by atoms with Crippen LogP contribution >= 0.6 is 11.3 Å². The number of nitrogens with one attached hydrogen (secondary N) is 1. The number of carbonyl (C=O) groups is 2. The molecule has 0 radical (unpaired) electrons. The van der Waals surface area contributed by atoms with Gasteiger partial charge in [0.05, 0.1) is 5.56 Å². The predicted octanol–water partition coefficient (Wildman–Crippen LogP) is 4.71. The number of amides is 1. The lowest BCUT2D eigenvalue weighted by atomic mass is 9.82. The maximum atomic E-state index is 15.7. The Kier molecular flexibility index (Phi) is 4.04. The lowest BCUT2D eigenvalue weighted by molar-refractivity contribution is -0.125. The van der Waals surface area contributed by atoms with Crippen molar-refractivity contribution in [1.29, 1.82) is 0 Å². The van der Waals surface area contributed by atoms with Gasteiger partial charge in [-0.3, -0.25) is 9.59 Å². The number of phenolic OH excluding ortho intramolecular Hbond substituents is 1. The molecule has 2 aromatic carbocycles. The van der Waals surface area contributed by atoms with Crippen LogP contribution in [0.15, 0.2) is 41.8 Å². The molecule has 1 amide bonds. The summed E-state index contributed by atoms with van der Waals surface area (Å²) in [6, 6.07) is 6.38. The summed E-state index contributed by atoms with van der Waals surface area (Å²) in [5.41, 5.74) is -3.19. The van der Waals surface area contributed by atoms with E-state index in [1.165, 1.54) is 18.4 Å². The molecule has 4 rings (SSSR count). The van der Waals surface area contributed by atoms with Gasteiger partial charge >= 0.3 is 0 Å². The van der Waals surface area contributed by atoms with Crippen LogP contribution in [0, 0.1) is 18.6 Å². The third-order valence-electron chi connectivity index (χ3n) is 4.77. The van der Waals surface area contributed by atoms with E-state index < -0.39 is 29.0 Å².